The van der Waals surface area contributed by atoms with Crippen LogP contribution in [0.15, 0.2) is 0 Å². The van der Waals surface area contributed by atoms with Gasteiger partial charge in [-0.3, -0.25) is 4.55 Å². The molecule has 13 heavy (non-hydrogen) atoms. The van der Waals surface area contributed by atoms with Crippen LogP contribution in [0, 0.1) is 0 Å². The van der Waals surface area contributed by atoms with E-state index in [1.165, 1.54) is 0 Å². The van der Waals surface area contributed by atoms with Crippen LogP contribution in [0.5, 0.6) is 0 Å². The van der Waals surface area contributed by atoms with Crippen molar-refractivity contribution in [2.75, 3.05) is 6.61 Å². The fraction of sp³-hybridized carbons (Fsp3) is 1.00. The number of hydrogen-bond donors (Lipinski definition) is 2. The second-order valence-electron chi connectivity index (χ2n) is 1.95. The van der Waals surface area contributed by atoms with Crippen molar-refractivity contribution in [3.8, 4) is 0 Å². The third-order valence-electron chi connectivity index (χ3n) is 1.02. The van der Waals surface area contributed by atoms with Crippen LogP contribution in [0.1, 0.15) is 6.42 Å². The molecule has 7 nitrogen and oxygen atoms in total. The zero-order valence-corrected chi connectivity index (χ0v) is 10.4. The minimum absolute atomic E-state index is 0. The molecule has 0 aliphatic rings. The van der Waals surface area contributed by atoms with E-state index in [0.717, 1.165) is 0 Å². The molecule has 0 saturated heterocycles. The van der Waals surface area contributed by atoms with Crippen LogP contribution in [0.3, 0.4) is 0 Å². The van der Waals surface area contributed by atoms with Gasteiger partial charge in [-0.1, -0.05) is 0 Å². The van der Waals surface area contributed by atoms with Crippen LogP contribution < -0.4 is 29.6 Å². The van der Waals surface area contributed by atoms with Gasteiger partial charge >= 0.3 is 29.6 Å². The number of aliphatic hydroxyl groups excluding tert-OH is 1. The van der Waals surface area contributed by atoms with E-state index in [2.05, 4.69) is 0 Å². The molecule has 0 saturated carbocycles. The SMILES string of the molecule is O=S(=O)([O-])C(CCO)S(=O)(=O)O.[Na+]. The normalized spacial score (nSPS) is 14.7. The van der Waals surface area contributed by atoms with Crippen LogP contribution >= 0.6 is 0 Å². The topological polar surface area (TPSA) is 132 Å². The molecule has 0 fully saturated rings. The van der Waals surface area contributed by atoms with Crippen LogP contribution in [-0.2, 0) is 20.2 Å². The van der Waals surface area contributed by atoms with E-state index in [4.69, 9.17) is 9.66 Å². The zero-order valence-electron chi connectivity index (χ0n) is 6.74. The summed E-state index contributed by atoms with van der Waals surface area (Å²) in [5.41, 5.74) is 0. The van der Waals surface area contributed by atoms with Gasteiger partial charge in [0.15, 0.2) is 4.58 Å². The molecular formula is C3H7NaO7S2. The molecule has 2 N–H and O–H groups in total. The summed E-state index contributed by atoms with van der Waals surface area (Å²) < 4.78 is 56.7. The average molecular weight is 242 g/mol. The fourth-order valence-electron chi connectivity index (χ4n) is 0.548. The molecule has 0 aliphatic heterocycles. The molecule has 0 aromatic heterocycles. The summed E-state index contributed by atoms with van der Waals surface area (Å²) in [6.45, 7) is -0.814. The van der Waals surface area contributed by atoms with E-state index >= 15 is 0 Å². The van der Waals surface area contributed by atoms with Crippen molar-refractivity contribution in [1.29, 1.82) is 0 Å². The third kappa shape index (κ3) is 5.96. The third-order valence-corrected chi connectivity index (χ3v) is 4.24. The standard InChI is InChI=1S/C3H8O7S2.Na/c4-2-1-3(11(5,6)7)12(8,9)10;/h3-4H,1-2H2,(H,5,6,7)(H,8,9,10);/q;+1/p-1. The van der Waals surface area contributed by atoms with E-state index in [9.17, 15) is 21.4 Å². The molecule has 0 rings (SSSR count). The maximum absolute atomic E-state index is 10.2. The Morgan fingerprint density at radius 2 is 1.62 bits per heavy atom. The Morgan fingerprint density at radius 3 is 1.69 bits per heavy atom. The second kappa shape index (κ2) is 5.61. The van der Waals surface area contributed by atoms with Gasteiger partial charge in [0, 0.05) is 13.0 Å². The number of aliphatic hydroxyl groups is 1. The van der Waals surface area contributed by atoms with Gasteiger partial charge in [0.2, 0.25) is 0 Å². The predicted molar refractivity (Wildman–Crippen MR) is 36.7 cm³/mol. The predicted octanol–water partition coefficient (Wildman–Crippen LogP) is -4.87. The summed E-state index contributed by atoms with van der Waals surface area (Å²) in [5, 5.41) is 8.18. The van der Waals surface area contributed by atoms with Crippen molar-refractivity contribution in [1.82, 2.24) is 0 Å². The Hall–Kier alpha value is 0.780. The van der Waals surface area contributed by atoms with Crippen LogP contribution in [0.2, 0.25) is 0 Å². The Kier molecular flexibility index (Phi) is 7.00. The van der Waals surface area contributed by atoms with Crippen LogP contribution in [0.25, 0.3) is 0 Å². The van der Waals surface area contributed by atoms with Crippen molar-refractivity contribution < 1.29 is 60.6 Å². The smallest absolute Gasteiger partial charge is 0.747 e. The van der Waals surface area contributed by atoms with Gasteiger partial charge in [0.05, 0.1) is 0 Å². The molecule has 74 valence electrons. The molecule has 0 bridgehead atoms. The molecule has 0 radical (unpaired) electrons. The quantitative estimate of drug-likeness (QED) is 0.373. The zero-order chi connectivity index (χ0) is 9.99. The van der Waals surface area contributed by atoms with Gasteiger partial charge in [-0.05, 0) is 0 Å². The molecule has 0 spiro atoms. The van der Waals surface area contributed by atoms with Crippen molar-refractivity contribution in [3.63, 3.8) is 0 Å². The van der Waals surface area contributed by atoms with Gasteiger partial charge in [-0.15, -0.1) is 0 Å². The summed E-state index contributed by atoms with van der Waals surface area (Å²) in [6, 6.07) is 0. The summed E-state index contributed by atoms with van der Waals surface area (Å²) in [6.07, 6.45) is -0.829. The second-order valence-corrected chi connectivity index (χ2v) is 5.40. The first kappa shape index (κ1) is 16.2. The largest absolute Gasteiger partial charge is 1.00 e. The van der Waals surface area contributed by atoms with Crippen LogP contribution in [0.4, 0.5) is 0 Å². The maximum Gasteiger partial charge on any atom is 1.00 e. The first-order valence-electron chi connectivity index (χ1n) is 2.71. The molecule has 0 aliphatic carbocycles. The van der Waals surface area contributed by atoms with Crippen molar-refractivity contribution in [3.05, 3.63) is 0 Å². The molecule has 0 heterocycles. The van der Waals surface area contributed by atoms with Crippen molar-refractivity contribution in [2.45, 2.75) is 11.0 Å². The molecule has 0 aromatic rings. The Morgan fingerprint density at radius 1 is 1.23 bits per heavy atom. The Labute approximate surface area is 97.9 Å². The van der Waals surface area contributed by atoms with Gasteiger partial charge in [-0.2, -0.15) is 8.42 Å². The van der Waals surface area contributed by atoms with Crippen molar-refractivity contribution in [2.24, 2.45) is 0 Å². The summed E-state index contributed by atoms with van der Waals surface area (Å²) in [4.78, 5) is 0. The molecule has 1 atom stereocenters. The first-order valence-corrected chi connectivity index (χ1v) is 5.69. The molecule has 0 amide bonds. The van der Waals surface area contributed by atoms with Gasteiger partial charge in [0.25, 0.3) is 10.1 Å². The number of hydrogen-bond acceptors (Lipinski definition) is 6. The minimum atomic E-state index is -5.13. The number of rotatable bonds is 4. The Balaban J connectivity index is 0. The van der Waals surface area contributed by atoms with Gasteiger partial charge in [0.1, 0.15) is 10.1 Å². The maximum atomic E-state index is 10.2. The van der Waals surface area contributed by atoms with Crippen molar-refractivity contribution >= 4 is 20.2 Å². The molecule has 10 heteroatoms. The van der Waals surface area contributed by atoms with E-state index in [1.54, 1.807) is 0 Å². The monoisotopic (exact) mass is 242 g/mol. The molecule has 1 unspecified atom stereocenters. The molecule has 0 aromatic carbocycles. The van der Waals surface area contributed by atoms with E-state index < -0.39 is 37.8 Å². The Bertz CT molecular complexity index is 297. The van der Waals surface area contributed by atoms with E-state index in [-0.39, 0.29) is 29.6 Å². The first-order chi connectivity index (χ1) is 5.19. The summed E-state index contributed by atoms with van der Waals surface area (Å²) in [5.74, 6) is 0. The molecular weight excluding hydrogens is 235 g/mol. The summed E-state index contributed by atoms with van der Waals surface area (Å²) in [7, 11) is -10.1. The summed E-state index contributed by atoms with van der Waals surface area (Å²) >= 11 is 0. The minimum Gasteiger partial charge on any atom is -0.747 e. The van der Waals surface area contributed by atoms with Gasteiger partial charge in [-0.25, -0.2) is 8.42 Å². The van der Waals surface area contributed by atoms with E-state index in [1.807, 2.05) is 0 Å². The van der Waals surface area contributed by atoms with Gasteiger partial charge < -0.3 is 9.66 Å². The fourth-order valence-corrected chi connectivity index (χ4v) is 2.54. The van der Waals surface area contributed by atoms with E-state index in [0.29, 0.717) is 0 Å². The average Bonchev–Trinajstić information content (AvgIpc) is 1.77. The van der Waals surface area contributed by atoms with Crippen LogP contribution in [-0.4, -0.2) is 42.2 Å².